The minimum absolute atomic E-state index is 0.0316. The summed E-state index contributed by atoms with van der Waals surface area (Å²) in [7, 11) is 0. The van der Waals surface area contributed by atoms with Gasteiger partial charge in [-0.3, -0.25) is 4.79 Å². The fourth-order valence-electron chi connectivity index (χ4n) is 2.60. The van der Waals surface area contributed by atoms with E-state index >= 15 is 0 Å². The molecule has 0 bridgehead atoms. The van der Waals surface area contributed by atoms with E-state index in [1.807, 2.05) is 42.1 Å². The second-order valence-corrected chi connectivity index (χ2v) is 6.79. The van der Waals surface area contributed by atoms with Crippen molar-refractivity contribution in [1.82, 2.24) is 14.9 Å². The van der Waals surface area contributed by atoms with E-state index in [4.69, 9.17) is 0 Å². The van der Waals surface area contributed by atoms with Crippen LogP contribution in [-0.2, 0) is 13.1 Å². The summed E-state index contributed by atoms with van der Waals surface area (Å²) in [5.74, 6) is -0.0316. The molecule has 3 rings (SSSR count). The number of amides is 1. The minimum atomic E-state index is -0.0316. The fourth-order valence-corrected chi connectivity index (χ4v) is 3.04. The van der Waals surface area contributed by atoms with Crippen molar-refractivity contribution >= 4 is 17.7 Å². The zero-order valence-electron chi connectivity index (χ0n) is 14.4. The molecule has 0 saturated carbocycles. The van der Waals surface area contributed by atoms with Crippen molar-refractivity contribution in [2.24, 2.45) is 0 Å². The number of nitrogens with one attached hydrogen (secondary N) is 1. The number of rotatable bonds is 6. The highest BCUT2D eigenvalue weighted by Gasteiger charge is 2.09. The first-order valence-electron chi connectivity index (χ1n) is 8.12. The van der Waals surface area contributed by atoms with Crippen molar-refractivity contribution in [1.29, 1.82) is 0 Å². The van der Waals surface area contributed by atoms with Crippen LogP contribution in [0.3, 0.4) is 0 Å². The molecule has 0 spiro atoms. The van der Waals surface area contributed by atoms with Crippen LogP contribution in [0, 0.1) is 6.92 Å². The van der Waals surface area contributed by atoms with Gasteiger partial charge in [0, 0.05) is 35.9 Å². The molecule has 25 heavy (non-hydrogen) atoms. The number of imidazole rings is 1. The standard InChI is InChI=1S/C20H21N3OS/c1-15-3-8-18(25-2)11-19(15)20(24)22-12-16-4-6-17(7-5-16)13-23-10-9-21-14-23/h3-11,14H,12-13H2,1-2H3,(H,22,24). The van der Waals surface area contributed by atoms with Gasteiger partial charge in [-0.1, -0.05) is 30.3 Å². The van der Waals surface area contributed by atoms with Crippen LogP contribution in [0.1, 0.15) is 27.0 Å². The van der Waals surface area contributed by atoms with Crippen LogP contribution in [0.4, 0.5) is 0 Å². The SMILES string of the molecule is CSc1ccc(C)c(C(=O)NCc2ccc(Cn3ccnc3)cc2)c1. The van der Waals surface area contributed by atoms with Gasteiger partial charge in [0.15, 0.2) is 0 Å². The number of benzene rings is 2. The van der Waals surface area contributed by atoms with E-state index in [0.29, 0.717) is 6.54 Å². The molecule has 5 heteroatoms. The maximum atomic E-state index is 12.5. The van der Waals surface area contributed by atoms with Gasteiger partial charge in [-0.25, -0.2) is 4.98 Å². The Labute approximate surface area is 152 Å². The third-order valence-corrected chi connectivity index (χ3v) is 4.82. The predicted molar refractivity (Wildman–Crippen MR) is 102 cm³/mol. The van der Waals surface area contributed by atoms with E-state index < -0.39 is 0 Å². The van der Waals surface area contributed by atoms with Crippen LogP contribution in [0.2, 0.25) is 0 Å². The van der Waals surface area contributed by atoms with Crippen molar-refractivity contribution in [2.75, 3.05) is 6.26 Å². The molecule has 0 aliphatic heterocycles. The molecular formula is C20H21N3OS. The monoisotopic (exact) mass is 351 g/mol. The molecule has 1 amide bonds. The largest absolute Gasteiger partial charge is 0.348 e. The first kappa shape index (κ1) is 17.3. The van der Waals surface area contributed by atoms with Crippen LogP contribution in [-0.4, -0.2) is 21.7 Å². The van der Waals surface area contributed by atoms with Crippen molar-refractivity contribution in [2.45, 2.75) is 24.9 Å². The Morgan fingerprint density at radius 3 is 2.60 bits per heavy atom. The Hall–Kier alpha value is -2.53. The van der Waals surface area contributed by atoms with Gasteiger partial charge in [0.25, 0.3) is 5.91 Å². The Morgan fingerprint density at radius 1 is 1.16 bits per heavy atom. The summed E-state index contributed by atoms with van der Waals surface area (Å²) in [4.78, 5) is 17.6. The lowest BCUT2D eigenvalue weighted by atomic mass is 10.1. The van der Waals surface area contributed by atoms with E-state index in [0.717, 1.165) is 28.1 Å². The Balaban J connectivity index is 1.60. The molecule has 128 valence electrons. The van der Waals surface area contributed by atoms with Crippen molar-refractivity contribution in [3.8, 4) is 0 Å². The summed E-state index contributed by atoms with van der Waals surface area (Å²) >= 11 is 1.64. The predicted octanol–water partition coefficient (Wildman–Crippen LogP) is 3.89. The van der Waals surface area contributed by atoms with E-state index in [1.165, 1.54) is 5.56 Å². The number of hydrogen-bond donors (Lipinski definition) is 1. The molecule has 0 radical (unpaired) electrons. The topological polar surface area (TPSA) is 46.9 Å². The molecule has 1 heterocycles. The molecule has 0 aliphatic rings. The van der Waals surface area contributed by atoms with Gasteiger partial charge in [0.1, 0.15) is 0 Å². The molecule has 1 N–H and O–H groups in total. The summed E-state index contributed by atoms with van der Waals surface area (Å²) in [6.45, 7) is 3.28. The van der Waals surface area contributed by atoms with E-state index in [9.17, 15) is 4.79 Å². The Bertz CT molecular complexity index is 842. The number of nitrogens with zero attached hydrogens (tertiary/aromatic N) is 2. The molecule has 2 aromatic carbocycles. The highest BCUT2D eigenvalue weighted by molar-refractivity contribution is 7.98. The van der Waals surface area contributed by atoms with Crippen molar-refractivity contribution in [3.63, 3.8) is 0 Å². The van der Waals surface area contributed by atoms with Gasteiger partial charge in [0.05, 0.1) is 6.33 Å². The number of carbonyl (C=O) groups excluding carboxylic acids is 1. The molecule has 0 unspecified atom stereocenters. The number of hydrogen-bond acceptors (Lipinski definition) is 3. The molecular weight excluding hydrogens is 330 g/mol. The lowest BCUT2D eigenvalue weighted by Crippen LogP contribution is -2.23. The van der Waals surface area contributed by atoms with Gasteiger partial charge in [-0.15, -0.1) is 11.8 Å². The smallest absolute Gasteiger partial charge is 0.251 e. The van der Waals surface area contributed by atoms with Crippen LogP contribution < -0.4 is 5.32 Å². The third kappa shape index (κ3) is 4.51. The minimum Gasteiger partial charge on any atom is -0.348 e. The quantitative estimate of drug-likeness (QED) is 0.685. The summed E-state index contributed by atoms with van der Waals surface area (Å²) in [6, 6.07) is 14.3. The lowest BCUT2D eigenvalue weighted by molar-refractivity contribution is 0.0950. The van der Waals surface area contributed by atoms with Crippen LogP contribution in [0.15, 0.2) is 66.1 Å². The molecule has 3 aromatic rings. The number of aromatic nitrogens is 2. The highest BCUT2D eigenvalue weighted by atomic mass is 32.2. The Kier molecular flexibility index (Phi) is 5.56. The summed E-state index contributed by atoms with van der Waals surface area (Å²) in [5.41, 5.74) is 4.02. The maximum Gasteiger partial charge on any atom is 0.251 e. The van der Waals surface area contributed by atoms with Crippen LogP contribution >= 0.6 is 11.8 Å². The second-order valence-electron chi connectivity index (χ2n) is 5.92. The van der Waals surface area contributed by atoms with Gasteiger partial charge in [-0.05, 0) is 42.0 Å². The average Bonchev–Trinajstić information content (AvgIpc) is 3.14. The van der Waals surface area contributed by atoms with Crippen LogP contribution in [0.5, 0.6) is 0 Å². The summed E-state index contributed by atoms with van der Waals surface area (Å²) in [5, 5.41) is 3.01. The number of thioether (sulfide) groups is 1. The van der Waals surface area contributed by atoms with Gasteiger partial charge >= 0.3 is 0 Å². The van der Waals surface area contributed by atoms with Gasteiger partial charge in [0.2, 0.25) is 0 Å². The fraction of sp³-hybridized carbons (Fsp3) is 0.200. The summed E-state index contributed by atoms with van der Waals surface area (Å²) in [6.07, 6.45) is 7.54. The zero-order chi connectivity index (χ0) is 17.6. The summed E-state index contributed by atoms with van der Waals surface area (Å²) < 4.78 is 2.03. The van der Waals surface area contributed by atoms with E-state index in [1.54, 1.807) is 24.3 Å². The molecule has 4 nitrogen and oxygen atoms in total. The Morgan fingerprint density at radius 2 is 1.92 bits per heavy atom. The molecule has 0 aliphatic carbocycles. The number of aryl methyl sites for hydroxylation is 1. The second kappa shape index (κ2) is 8.03. The maximum absolute atomic E-state index is 12.5. The first-order chi connectivity index (χ1) is 12.2. The van der Waals surface area contributed by atoms with Gasteiger partial charge in [-0.2, -0.15) is 0 Å². The third-order valence-electron chi connectivity index (χ3n) is 4.09. The van der Waals surface area contributed by atoms with E-state index in [-0.39, 0.29) is 5.91 Å². The van der Waals surface area contributed by atoms with Crippen molar-refractivity contribution < 1.29 is 4.79 Å². The number of carbonyl (C=O) groups is 1. The zero-order valence-corrected chi connectivity index (χ0v) is 15.2. The normalized spacial score (nSPS) is 10.6. The molecule has 1 aromatic heterocycles. The lowest BCUT2D eigenvalue weighted by Gasteiger charge is -2.10. The highest BCUT2D eigenvalue weighted by Crippen LogP contribution is 2.19. The molecule has 0 atom stereocenters. The first-order valence-corrected chi connectivity index (χ1v) is 9.34. The van der Waals surface area contributed by atoms with Crippen LogP contribution in [0.25, 0.3) is 0 Å². The molecule has 0 saturated heterocycles. The van der Waals surface area contributed by atoms with Crippen molar-refractivity contribution in [3.05, 3.63) is 83.4 Å². The average molecular weight is 351 g/mol. The molecule has 0 fully saturated rings. The van der Waals surface area contributed by atoms with Gasteiger partial charge < -0.3 is 9.88 Å². The van der Waals surface area contributed by atoms with E-state index in [2.05, 4.69) is 34.6 Å².